The van der Waals surface area contributed by atoms with E-state index in [0.717, 1.165) is 121 Å². The first-order valence-corrected chi connectivity index (χ1v) is 31.6. The summed E-state index contributed by atoms with van der Waals surface area (Å²) in [5.41, 5.74) is -0.397. The number of rotatable bonds is 47. The van der Waals surface area contributed by atoms with Gasteiger partial charge in [-0.3, -0.25) is 24.1 Å². The van der Waals surface area contributed by atoms with Crippen LogP contribution in [0.2, 0.25) is 0 Å². The normalized spacial score (nSPS) is 13.4. The van der Waals surface area contributed by atoms with Crippen molar-refractivity contribution in [2.75, 3.05) is 32.8 Å². The second-order valence-electron chi connectivity index (χ2n) is 22.6. The molecule has 73 heavy (non-hydrogen) atoms. The number of hydrogen-bond donors (Lipinski definition) is 0. The quantitative estimate of drug-likeness (QED) is 0.0255. The SMILES string of the molecule is CC.CC(C)C.CCCCCC(CCCCC)CCCOC(=O)C(C)(C)CCCCCCN1CCC(OC(=O)CCC)C1.CCCCCCCCC(CCCCCCCC)OC(=O)CCCCCCCOC=O. The Balaban J connectivity index is -0.00000123. The van der Waals surface area contributed by atoms with Gasteiger partial charge in [0.15, 0.2) is 0 Å². The van der Waals surface area contributed by atoms with Crippen LogP contribution in [0.1, 0.15) is 327 Å². The van der Waals surface area contributed by atoms with Gasteiger partial charge in [0.25, 0.3) is 6.47 Å². The number of nitrogens with zero attached hydrogens (tertiary/aromatic N) is 1. The van der Waals surface area contributed by atoms with E-state index in [9.17, 15) is 19.2 Å². The first-order valence-electron chi connectivity index (χ1n) is 31.6. The molecule has 1 rings (SSSR count). The zero-order chi connectivity index (χ0) is 55.1. The zero-order valence-electron chi connectivity index (χ0n) is 51.0. The highest BCUT2D eigenvalue weighted by Gasteiger charge is 2.29. The molecule has 1 saturated heterocycles. The Labute approximate surface area is 455 Å². The Morgan fingerprint density at radius 2 is 1.01 bits per heavy atom. The van der Waals surface area contributed by atoms with Gasteiger partial charge in [-0.25, -0.2) is 0 Å². The maximum absolute atomic E-state index is 12.7. The van der Waals surface area contributed by atoms with Gasteiger partial charge in [-0.2, -0.15) is 0 Å². The molecule has 9 heteroatoms. The lowest BCUT2D eigenvalue weighted by atomic mass is 9.87. The van der Waals surface area contributed by atoms with Crippen LogP contribution in [-0.2, 0) is 38.1 Å². The zero-order valence-corrected chi connectivity index (χ0v) is 51.0. The molecule has 0 aromatic heterocycles. The molecule has 0 spiro atoms. The first-order chi connectivity index (χ1) is 35.3. The molecule has 1 atom stereocenters. The molecular formula is C64H127NO8. The van der Waals surface area contributed by atoms with E-state index < -0.39 is 5.41 Å². The van der Waals surface area contributed by atoms with Crippen LogP contribution in [0.4, 0.5) is 0 Å². The van der Waals surface area contributed by atoms with E-state index in [1.54, 1.807) is 0 Å². The van der Waals surface area contributed by atoms with Crippen LogP contribution in [0, 0.1) is 17.3 Å². The van der Waals surface area contributed by atoms with Crippen molar-refractivity contribution in [1.82, 2.24) is 4.90 Å². The van der Waals surface area contributed by atoms with E-state index in [1.807, 2.05) is 34.6 Å². The molecule has 1 aliphatic heterocycles. The summed E-state index contributed by atoms with van der Waals surface area (Å²) in [5, 5.41) is 0. The second-order valence-corrected chi connectivity index (χ2v) is 22.6. The van der Waals surface area contributed by atoms with Crippen molar-refractivity contribution in [2.24, 2.45) is 17.3 Å². The van der Waals surface area contributed by atoms with Crippen LogP contribution in [0.15, 0.2) is 0 Å². The third-order valence-corrected chi connectivity index (χ3v) is 13.8. The van der Waals surface area contributed by atoms with E-state index in [4.69, 9.17) is 14.2 Å². The molecule has 0 aromatic rings. The summed E-state index contributed by atoms with van der Waals surface area (Å²) >= 11 is 0. The molecule has 0 saturated carbocycles. The van der Waals surface area contributed by atoms with Crippen LogP contribution in [0.5, 0.6) is 0 Å². The number of likely N-dealkylation sites (tertiary alicyclic amines) is 1. The van der Waals surface area contributed by atoms with Crippen molar-refractivity contribution in [3.8, 4) is 0 Å². The number of ether oxygens (including phenoxy) is 4. The fourth-order valence-corrected chi connectivity index (χ4v) is 9.28. The molecule has 0 N–H and O–H groups in total. The average molecular weight is 1040 g/mol. The van der Waals surface area contributed by atoms with Crippen LogP contribution in [0.3, 0.4) is 0 Å². The molecule has 0 aliphatic carbocycles. The Morgan fingerprint density at radius 1 is 0.548 bits per heavy atom. The van der Waals surface area contributed by atoms with Gasteiger partial charge in [-0.05, 0) is 109 Å². The lowest BCUT2D eigenvalue weighted by Gasteiger charge is -2.23. The van der Waals surface area contributed by atoms with Crippen molar-refractivity contribution in [2.45, 2.75) is 339 Å². The van der Waals surface area contributed by atoms with Crippen LogP contribution in [0.25, 0.3) is 0 Å². The van der Waals surface area contributed by atoms with Gasteiger partial charge in [0.05, 0.1) is 18.6 Å². The molecule has 0 aromatic carbocycles. The second kappa shape index (κ2) is 57.5. The van der Waals surface area contributed by atoms with Crippen LogP contribution >= 0.6 is 0 Å². The molecule has 436 valence electrons. The van der Waals surface area contributed by atoms with Gasteiger partial charge < -0.3 is 18.9 Å². The van der Waals surface area contributed by atoms with Gasteiger partial charge in [0, 0.05) is 25.9 Å². The fraction of sp³-hybridized carbons (Fsp3) is 0.938. The Bertz CT molecular complexity index is 1150. The minimum atomic E-state index is -0.397. The molecule has 0 amide bonds. The lowest BCUT2D eigenvalue weighted by Crippen LogP contribution is -2.27. The maximum Gasteiger partial charge on any atom is 0.311 e. The Morgan fingerprint density at radius 3 is 1.56 bits per heavy atom. The summed E-state index contributed by atoms with van der Waals surface area (Å²) in [6.45, 7) is 30.2. The highest BCUT2D eigenvalue weighted by atomic mass is 16.6. The van der Waals surface area contributed by atoms with E-state index in [1.165, 1.54) is 141 Å². The topological polar surface area (TPSA) is 108 Å². The number of carbonyl (C=O) groups is 4. The molecule has 1 aliphatic rings. The van der Waals surface area contributed by atoms with Crippen LogP contribution < -0.4 is 0 Å². The molecule has 1 heterocycles. The predicted octanol–water partition coefficient (Wildman–Crippen LogP) is 19.1. The minimum absolute atomic E-state index is 0.0127. The van der Waals surface area contributed by atoms with Gasteiger partial charge in [-0.15, -0.1) is 0 Å². The molecule has 0 bridgehead atoms. The largest absolute Gasteiger partial charge is 0.468 e. The Hall–Kier alpha value is -2.16. The summed E-state index contributed by atoms with van der Waals surface area (Å²) in [6, 6.07) is 0. The van der Waals surface area contributed by atoms with Crippen molar-refractivity contribution in [1.29, 1.82) is 0 Å². The lowest BCUT2D eigenvalue weighted by molar-refractivity contribution is -0.154. The van der Waals surface area contributed by atoms with Gasteiger partial charge in [0.2, 0.25) is 0 Å². The summed E-state index contributed by atoms with van der Waals surface area (Å²) in [6.07, 6.45) is 43.7. The maximum atomic E-state index is 12.7. The number of unbranched alkanes of at least 4 members (excludes halogenated alkanes) is 21. The summed E-state index contributed by atoms with van der Waals surface area (Å²) < 4.78 is 21.8. The molecule has 0 radical (unpaired) electrons. The first kappa shape index (κ1) is 75.1. The number of esters is 3. The van der Waals surface area contributed by atoms with Gasteiger partial charge in [0.1, 0.15) is 12.2 Å². The monoisotopic (exact) mass is 1040 g/mol. The summed E-state index contributed by atoms with van der Waals surface area (Å²) in [5.74, 6) is 1.54. The molecule has 1 unspecified atom stereocenters. The van der Waals surface area contributed by atoms with Crippen molar-refractivity contribution < 1.29 is 38.1 Å². The van der Waals surface area contributed by atoms with Crippen molar-refractivity contribution in [3.05, 3.63) is 0 Å². The molecule has 1 fully saturated rings. The average Bonchev–Trinajstić information content (AvgIpc) is 3.81. The number of carbonyl (C=O) groups excluding carboxylic acids is 4. The van der Waals surface area contributed by atoms with E-state index in [2.05, 4.69) is 58.1 Å². The fourth-order valence-electron chi connectivity index (χ4n) is 9.28. The van der Waals surface area contributed by atoms with Crippen molar-refractivity contribution in [3.63, 3.8) is 0 Å². The number of hydrogen-bond acceptors (Lipinski definition) is 9. The minimum Gasteiger partial charge on any atom is -0.468 e. The highest BCUT2D eigenvalue weighted by molar-refractivity contribution is 5.75. The third-order valence-electron chi connectivity index (χ3n) is 13.8. The van der Waals surface area contributed by atoms with E-state index in [-0.39, 0.29) is 30.1 Å². The third kappa shape index (κ3) is 54.4. The standard InChI is InChI=1S/C32H61NO4.C26H50O4.C4H10.C2H6/c1-6-9-13-19-28(20-14-10-7-2)21-17-26-36-31(35)32(4,5)23-15-11-12-16-24-33-25-22-29(27-33)37-30(34)18-8-3;1-3-5-7-9-12-16-20-25(21-17-13-10-8-6-4-2)30-26(28)22-18-14-11-15-19-23-29-24-27;1-4(2)3;1-2/h28-29H,6-27H2,1-5H3;24-25H,3-23H2,1-2H3;4H,1-3H3;1-2H3. The summed E-state index contributed by atoms with van der Waals surface area (Å²) in [7, 11) is 0. The van der Waals surface area contributed by atoms with E-state index >= 15 is 0 Å². The predicted molar refractivity (Wildman–Crippen MR) is 312 cm³/mol. The van der Waals surface area contributed by atoms with Gasteiger partial charge in [-0.1, -0.05) is 223 Å². The smallest absolute Gasteiger partial charge is 0.311 e. The van der Waals surface area contributed by atoms with Crippen molar-refractivity contribution >= 4 is 24.4 Å². The Kier molecular flexibility index (Phi) is 59.2. The van der Waals surface area contributed by atoms with Crippen LogP contribution in [-0.4, -0.2) is 74.3 Å². The molecule has 9 nitrogen and oxygen atoms in total. The van der Waals surface area contributed by atoms with E-state index in [0.29, 0.717) is 32.5 Å². The molecular weight excluding hydrogens is 911 g/mol. The summed E-state index contributed by atoms with van der Waals surface area (Å²) in [4.78, 5) is 49.2. The highest BCUT2D eigenvalue weighted by Crippen LogP contribution is 2.27. The van der Waals surface area contributed by atoms with Gasteiger partial charge >= 0.3 is 17.9 Å².